The molecule has 0 saturated carbocycles. The van der Waals surface area contributed by atoms with Gasteiger partial charge < -0.3 is 15.1 Å². The van der Waals surface area contributed by atoms with E-state index in [1.54, 1.807) is 25.3 Å². The average molecular weight is 372 g/mol. The van der Waals surface area contributed by atoms with Crippen LogP contribution >= 0.6 is 0 Å². The molecule has 1 aromatic carbocycles. The SMILES string of the molecule is Cc1ccncc1C(=O)N1CC[C@@H](O)[C@](Cc2cccc(F)c2)(C(=O)O)C1. The smallest absolute Gasteiger partial charge is 0.314 e. The second-order valence-electron chi connectivity index (χ2n) is 6.99. The minimum absolute atomic E-state index is 0.0724. The predicted octanol–water partition coefficient (Wildman–Crippen LogP) is 2.05. The van der Waals surface area contributed by atoms with Gasteiger partial charge in [-0.15, -0.1) is 0 Å². The first kappa shape index (κ1) is 19.0. The minimum Gasteiger partial charge on any atom is -0.481 e. The quantitative estimate of drug-likeness (QED) is 0.857. The van der Waals surface area contributed by atoms with E-state index in [1.807, 2.05) is 0 Å². The first-order valence-corrected chi connectivity index (χ1v) is 8.69. The predicted molar refractivity (Wildman–Crippen MR) is 95.7 cm³/mol. The maximum atomic E-state index is 13.5. The molecule has 1 aromatic heterocycles. The van der Waals surface area contributed by atoms with E-state index in [0.29, 0.717) is 11.1 Å². The van der Waals surface area contributed by atoms with Gasteiger partial charge in [0, 0.05) is 25.5 Å². The third kappa shape index (κ3) is 3.68. The number of aromatic nitrogens is 1. The van der Waals surface area contributed by atoms with Gasteiger partial charge in [0.15, 0.2) is 0 Å². The minimum atomic E-state index is -1.60. The lowest BCUT2D eigenvalue weighted by Gasteiger charge is -2.43. The van der Waals surface area contributed by atoms with Gasteiger partial charge in [0.1, 0.15) is 11.2 Å². The number of rotatable bonds is 4. The number of amides is 1. The molecule has 2 N–H and O–H groups in total. The van der Waals surface area contributed by atoms with Gasteiger partial charge in [-0.2, -0.15) is 0 Å². The summed E-state index contributed by atoms with van der Waals surface area (Å²) in [6.45, 7) is 1.87. The van der Waals surface area contributed by atoms with Gasteiger partial charge in [-0.1, -0.05) is 12.1 Å². The summed E-state index contributed by atoms with van der Waals surface area (Å²) in [6.07, 6.45) is 1.95. The molecule has 1 fully saturated rings. The Kier molecular flexibility index (Phi) is 5.23. The van der Waals surface area contributed by atoms with Crippen molar-refractivity contribution in [3.63, 3.8) is 0 Å². The molecule has 1 aliphatic heterocycles. The number of aliphatic hydroxyl groups is 1. The molecule has 27 heavy (non-hydrogen) atoms. The first-order valence-electron chi connectivity index (χ1n) is 8.69. The number of hydrogen-bond acceptors (Lipinski definition) is 4. The van der Waals surface area contributed by atoms with Crippen molar-refractivity contribution in [2.24, 2.45) is 5.41 Å². The standard InChI is InChI=1S/C20H21FN2O4/c1-13-5-7-22-11-16(13)18(25)23-8-6-17(24)20(12-23,19(26)27)10-14-3-2-4-15(21)9-14/h2-5,7,9,11,17,24H,6,8,10,12H2,1H3,(H,26,27)/t17-,20-/m1/s1. The molecule has 7 heteroatoms. The third-order valence-electron chi connectivity index (χ3n) is 5.17. The van der Waals surface area contributed by atoms with Crippen molar-refractivity contribution in [3.8, 4) is 0 Å². The number of likely N-dealkylation sites (tertiary alicyclic amines) is 1. The number of pyridine rings is 1. The van der Waals surface area contributed by atoms with E-state index in [2.05, 4.69) is 4.98 Å². The molecule has 0 radical (unpaired) electrons. The van der Waals surface area contributed by atoms with Crippen molar-refractivity contribution in [2.75, 3.05) is 13.1 Å². The average Bonchev–Trinajstić information content (AvgIpc) is 2.63. The van der Waals surface area contributed by atoms with Crippen LogP contribution in [-0.4, -0.2) is 51.2 Å². The number of carbonyl (C=O) groups excluding carboxylic acids is 1. The van der Waals surface area contributed by atoms with Crippen LogP contribution in [0.1, 0.15) is 27.9 Å². The van der Waals surface area contributed by atoms with Crippen molar-refractivity contribution in [2.45, 2.75) is 25.9 Å². The maximum absolute atomic E-state index is 13.5. The highest BCUT2D eigenvalue weighted by Gasteiger charge is 2.50. The Morgan fingerprint density at radius 2 is 2.15 bits per heavy atom. The number of benzene rings is 1. The van der Waals surface area contributed by atoms with Crippen molar-refractivity contribution < 1.29 is 24.2 Å². The summed E-state index contributed by atoms with van der Waals surface area (Å²) < 4.78 is 13.5. The van der Waals surface area contributed by atoms with E-state index in [4.69, 9.17) is 0 Å². The van der Waals surface area contributed by atoms with Crippen LogP contribution in [0.15, 0.2) is 42.7 Å². The van der Waals surface area contributed by atoms with Crippen LogP contribution in [0.2, 0.25) is 0 Å². The van der Waals surface area contributed by atoms with Crippen molar-refractivity contribution in [1.82, 2.24) is 9.88 Å². The van der Waals surface area contributed by atoms with Crippen LogP contribution < -0.4 is 0 Å². The number of carbonyl (C=O) groups is 2. The second-order valence-corrected chi connectivity index (χ2v) is 6.99. The van der Waals surface area contributed by atoms with Crippen LogP contribution in [0.4, 0.5) is 4.39 Å². The lowest BCUT2D eigenvalue weighted by atomic mass is 9.72. The number of piperidine rings is 1. The van der Waals surface area contributed by atoms with Crippen LogP contribution in [0.25, 0.3) is 0 Å². The molecule has 142 valence electrons. The highest BCUT2D eigenvalue weighted by atomic mass is 19.1. The van der Waals surface area contributed by atoms with Gasteiger partial charge in [-0.05, 0) is 49.1 Å². The molecule has 3 rings (SSSR count). The monoisotopic (exact) mass is 372 g/mol. The number of hydrogen-bond donors (Lipinski definition) is 2. The fourth-order valence-corrected chi connectivity index (χ4v) is 3.58. The molecule has 1 saturated heterocycles. The molecule has 0 unspecified atom stereocenters. The van der Waals surface area contributed by atoms with Crippen LogP contribution in [0.5, 0.6) is 0 Å². The summed E-state index contributed by atoms with van der Waals surface area (Å²) >= 11 is 0. The van der Waals surface area contributed by atoms with Gasteiger partial charge in [-0.3, -0.25) is 14.6 Å². The number of halogens is 1. The summed E-state index contributed by atoms with van der Waals surface area (Å²) in [7, 11) is 0. The maximum Gasteiger partial charge on any atom is 0.314 e. The lowest BCUT2D eigenvalue weighted by Crippen LogP contribution is -2.58. The molecule has 6 nitrogen and oxygen atoms in total. The van der Waals surface area contributed by atoms with E-state index in [0.717, 1.165) is 5.56 Å². The number of carboxylic acid groups (broad SMARTS) is 1. The topological polar surface area (TPSA) is 90.7 Å². The zero-order chi connectivity index (χ0) is 19.6. The molecule has 0 aliphatic carbocycles. The molecule has 2 heterocycles. The van der Waals surface area contributed by atoms with E-state index < -0.39 is 23.3 Å². The van der Waals surface area contributed by atoms with Crippen molar-refractivity contribution in [3.05, 3.63) is 65.2 Å². The Labute approximate surface area is 156 Å². The van der Waals surface area contributed by atoms with Crippen LogP contribution in [0.3, 0.4) is 0 Å². The fourth-order valence-electron chi connectivity index (χ4n) is 3.58. The lowest BCUT2D eigenvalue weighted by molar-refractivity contribution is -0.161. The summed E-state index contributed by atoms with van der Waals surface area (Å²) in [5, 5.41) is 20.4. The largest absolute Gasteiger partial charge is 0.481 e. The summed E-state index contributed by atoms with van der Waals surface area (Å²) in [4.78, 5) is 30.4. The first-order chi connectivity index (χ1) is 12.8. The summed E-state index contributed by atoms with van der Waals surface area (Å²) in [5.41, 5.74) is 0.00656. The Balaban J connectivity index is 1.92. The van der Waals surface area contributed by atoms with Gasteiger partial charge in [0.2, 0.25) is 0 Å². The third-order valence-corrected chi connectivity index (χ3v) is 5.17. The van der Waals surface area contributed by atoms with Crippen molar-refractivity contribution in [1.29, 1.82) is 0 Å². The van der Waals surface area contributed by atoms with Crippen LogP contribution in [-0.2, 0) is 11.2 Å². The summed E-state index contributed by atoms with van der Waals surface area (Å²) in [5.74, 6) is -2.01. The van der Waals surface area contributed by atoms with E-state index in [-0.39, 0.29) is 31.8 Å². The zero-order valence-corrected chi connectivity index (χ0v) is 14.9. The molecular formula is C20H21FN2O4. The normalized spacial score (nSPS) is 22.5. The molecule has 1 amide bonds. The Morgan fingerprint density at radius 1 is 1.37 bits per heavy atom. The zero-order valence-electron chi connectivity index (χ0n) is 14.9. The fraction of sp³-hybridized carbons (Fsp3) is 0.350. The van der Waals surface area contributed by atoms with Crippen LogP contribution in [0, 0.1) is 18.2 Å². The Hall–Kier alpha value is -2.80. The molecule has 0 spiro atoms. The van der Waals surface area contributed by atoms with Gasteiger partial charge in [0.05, 0.1) is 11.7 Å². The summed E-state index contributed by atoms with van der Waals surface area (Å²) in [6, 6.07) is 7.35. The number of aryl methyl sites for hydroxylation is 1. The molecular weight excluding hydrogens is 351 g/mol. The highest BCUT2D eigenvalue weighted by molar-refractivity contribution is 5.95. The van der Waals surface area contributed by atoms with E-state index >= 15 is 0 Å². The molecule has 2 atom stereocenters. The Bertz CT molecular complexity index is 873. The number of aliphatic hydroxyl groups excluding tert-OH is 1. The van der Waals surface area contributed by atoms with Gasteiger partial charge in [-0.25, -0.2) is 4.39 Å². The van der Waals surface area contributed by atoms with E-state index in [9.17, 15) is 24.2 Å². The number of carboxylic acids is 1. The Morgan fingerprint density at radius 3 is 2.81 bits per heavy atom. The number of aliphatic carboxylic acids is 1. The molecule has 2 aromatic rings. The second kappa shape index (κ2) is 7.44. The number of nitrogens with zero attached hydrogens (tertiary/aromatic N) is 2. The molecule has 0 bridgehead atoms. The van der Waals surface area contributed by atoms with E-state index in [1.165, 1.54) is 29.3 Å². The highest BCUT2D eigenvalue weighted by Crippen LogP contribution is 2.35. The van der Waals surface area contributed by atoms with Crippen molar-refractivity contribution >= 4 is 11.9 Å². The molecule has 1 aliphatic rings. The van der Waals surface area contributed by atoms with Gasteiger partial charge in [0.25, 0.3) is 5.91 Å². The van der Waals surface area contributed by atoms with Gasteiger partial charge >= 0.3 is 5.97 Å².